The van der Waals surface area contributed by atoms with Crippen LogP contribution in [0.4, 0.5) is 0 Å². The molecule has 0 spiro atoms. The largest absolute Gasteiger partial charge is 0.338 e. The van der Waals surface area contributed by atoms with Crippen LogP contribution in [0.5, 0.6) is 0 Å². The summed E-state index contributed by atoms with van der Waals surface area (Å²) in [6, 6.07) is 2.07. The summed E-state index contributed by atoms with van der Waals surface area (Å²) in [5, 5.41) is 0. The number of hydrogen-bond donors (Lipinski definition) is 1. The number of aryl methyl sites for hydroxylation is 1. The Kier molecular flexibility index (Phi) is 2.78. The molecule has 2 aromatic rings. The van der Waals surface area contributed by atoms with Crippen LogP contribution >= 0.6 is 0 Å². The van der Waals surface area contributed by atoms with Gasteiger partial charge in [-0.2, -0.15) is 0 Å². The first kappa shape index (κ1) is 9.86. The molecule has 0 aromatic carbocycles. The lowest BCUT2D eigenvalue weighted by atomic mass is 10.1. The second-order valence-corrected chi connectivity index (χ2v) is 3.54. The summed E-state index contributed by atoms with van der Waals surface area (Å²) < 4.78 is 2.01. The van der Waals surface area contributed by atoms with Crippen molar-refractivity contribution in [1.29, 1.82) is 0 Å². The predicted molar refractivity (Wildman–Crippen MR) is 58.1 cm³/mol. The van der Waals surface area contributed by atoms with Gasteiger partial charge < -0.3 is 10.3 Å². The fourth-order valence-electron chi connectivity index (χ4n) is 1.50. The number of nitrogens with two attached hydrogens (primary N) is 1. The number of hydrogen-bond acceptors (Lipinski definition) is 3. The van der Waals surface area contributed by atoms with Gasteiger partial charge in [0, 0.05) is 44.8 Å². The van der Waals surface area contributed by atoms with E-state index < -0.39 is 0 Å². The van der Waals surface area contributed by atoms with Gasteiger partial charge in [0.25, 0.3) is 0 Å². The minimum Gasteiger partial charge on any atom is -0.338 e. The minimum absolute atomic E-state index is 0.529. The topological polar surface area (TPSA) is 56.7 Å². The van der Waals surface area contributed by atoms with E-state index in [2.05, 4.69) is 16.0 Å². The average molecular weight is 202 g/mol. The molecule has 2 N–H and O–H groups in total. The molecule has 0 aliphatic heterocycles. The molecule has 0 unspecified atom stereocenters. The standard InChI is InChI=1S/C11H14N4/c1-15-3-2-14-11(15)5-9-4-10(6-12)8-13-7-9/h2-4,7-8H,5-6,12H2,1H3. The molecule has 0 aliphatic rings. The van der Waals surface area contributed by atoms with Gasteiger partial charge in [0.1, 0.15) is 5.82 Å². The molecule has 4 heteroatoms. The molecule has 15 heavy (non-hydrogen) atoms. The summed E-state index contributed by atoms with van der Waals surface area (Å²) in [7, 11) is 1.99. The molecule has 0 amide bonds. The molecule has 0 fully saturated rings. The third-order valence-electron chi connectivity index (χ3n) is 2.37. The second-order valence-electron chi connectivity index (χ2n) is 3.54. The molecule has 78 valence electrons. The zero-order chi connectivity index (χ0) is 10.7. The Labute approximate surface area is 88.8 Å². The van der Waals surface area contributed by atoms with Crippen LogP contribution in [0.1, 0.15) is 17.0 Å². The quantitative estimate of drug-likeness (QED) is 0.803. The fraction of sp³-hybridized carbons (Fsp3) is 0.273. The van der Waals surface area contributed by atoms with Crippen molar-refractivity contribution in [3.8, 4) is 0 Å². The lowest BCUT2D eigenvalue weighted by Crippen LogP contribution is -2.01. The van der Waals surface area contributed by atoms with E-state index in [9.17, 15) is 0 Å². The van der Waals surface area contributed by atoms with E-state index in [4.69, 9.17) is 5.73 Å². The zero-order valence-corrected chi connectivity index (χ0v) is 8.72. The Bertz CT molecular complexity index is 447. The van der Waals surface area contributed by atoms with E-state index >= 15 is 0 Å². The monoisotopic (exact) mass is 202 g/mol. The maximum absolute atomic E-state index is 5.56. The minimum atomic E-state index is 0.529. The average Bonchev–Trinajstić information content (AvgIpc) is 2.65. The molecule has 4 nitrogen and oxygen atoms in total. The van der Waals surface area contributed by atoms with Crippen LogP contribution in [0.25, 0.3) is 0 Å². The number of pyridine rings is 1. The zero-order valence-electron chi connectivity index (χ0n) is 8.72. The van der Waals surface area contributed by atoms with Crippen LogP contribution in [0.3, 0.4) is 0 Å². The fourth-order valence-corrected chi connectivity index (χ4v) is 1.50. The Morgan fingerprint density at radius 3 is 2.80 bits per heavy atom. The van der Waals surface area contributed by atoms with Crippen molar-refractivity contribution in [2.45, 2.75) is 13.0 Å². The predicted octanol–water partition coefficient (Wildman–Crippen LogP) is 0.865. The molecule has 0 atom stereocenters. The lowest BCUT2D eigenvalue weighted by molar-refractivity contribution is 0.818. The molecular weight excluding hydrogens is 188 g/mol. The van der Waals surface area contributed by atoms with Gasteiger partial charge in [-0.15, -0.1) is 0 Å². The van der Waals surface area contributed by atoms with Crippen molar-refractivity contribution in [2.75, 3.05) is 0 Å². The second kappa shape index (κ2) is 4.23. The highest BCUT2D eigenvalue weighted by Crippen LogP contribution is 2.07. The number of aromatic nitrogens is 3. The first-order chi connectivity index (χ1) is 7.29. The van der Waals surface area contributed by atoms with Crippen LogP contribution in [0.2, 0.25) is 0 Å². The molecule has 0 bridgehead atoms. The first-order valence-corrected chi connectivity index (χ1v) is 4.88. The van der Waals surface area contributed by atoms with Crippen molar-refractivity contribution in [2.24, 2.45) is 12.8 Å². The van der Waals surface area contributed by atoms with Crippen LogP contribution in [-0.2, 0) is 20.0 Å². The van der Waals surface area contributed by atoms with E-state index in [1.165, 1.54) is 0 Å². The van der Waals surface area contributed by atoms with Crippen LogP contribution in [0.15, 0.2) is 30.9 Å². The highest BCUT2D eigenvalue weighted by atomic mass is 15.0. The van der Waals surface area contributed by atoms with Gasteiger partial charge in [-0.3, -0.25) is 4.98 Å². The summed E-state index contributed by atoms with van der Waals surface area (Å²) in [5.41, 5.74) is 7.76. The molecule has 2 aromatic heterocycles. The Morgan fingerprint density at radius 1 is 1.33 bits per heavy atom. The van der Waals surface area contributed by atoms with E-state index in [0.29, 0.717) is 6.54 Å². The maximum Gasteiger partial charge on any atom is 0.112 e. The third-order valence-corrected chi connectivity index (χ3v) is 2.37. The van der Waals surface area contributed by atoms with Gasteiger partial charge in [-0.05, 0) is 11.1 Å². The van der Waals surface area contributed by atoms with E-state index in [1.807, 2.05) is 24.0 Å². The Balaban J connectivity index is 2.21. The SMILES string of the molecule is Cn1ccnc1Cc1cncc(CN)c1. The maximum atomic E-state index is 5.56. The molecule has 2 rings (SSSR count). The summed E-state index contributed by atoms with van der Waals surface area (Å²) in [4.78, 5) is 8.42. The Hall–Kier alpha value is -1.68. The van der Waals surface area contributed by atoms with Crippen molar-refractivity contribution in [3.05, 3.63) is 47.8 Å². The van der Waals surface area contributed by atoms with Crippen molar-refractivity contribution >= 4 is 0 Å². The van der Waals surface area contributed by atoms with Gasteiger partial charge in [-0.25, -0.2) is 4.98 Å². The van der Waals surface area contributed by atoms with Gasteiger partial charge >= 0.3 is 0 Å². The number of nitrogens with zero attached hydrogens (tertiary/aromatic N) is 3. The van der Waals surface area contributed by atoms with Crippen LogP contribution < -0.4 is 5.73 Å². The molecule has 0 radical (unpaired) electrons. The van der Waals surface area contributed by atoms with Crippen molar-refractivity contribution in [3.63, 3.8) is 0 Å². The highest BCUT2D eigenvalue weighted by molar-refractivity contribution is 5.21. The Morgan fingerprint density at radius 2 is 2.13 bits per heavy atom. The van der Waals surface area contributed by atoms with Gasteiger partial charge in [0.2, 0.25) is 0 Å². The van der Waals surface area contributed by atoms with E-state index in [1.54, 1.807) is 12.4 Å². The molecule has 2 heterocycles. The molecule has 0 aliphatic carbocycles. The molecule has 0 saturated carbocycles. The summed E-state index contributed by atoms with van der Waals surface area (Å²) >= 11 is 0. The van der Waals surface area contributed by atoms with Gasteiger partial charge in [0.15, 0.2) is 0 Å². The highest BCUT2D eigenvalue weighted by Gasteiger charge is 2.02. The van der Waals surface area contributed by atoms with Gasteiger partial charge in [-0.1, -0.05) is 6.07 Å². The van der Waals surface area contributed by atoms with E-state index in [0.717, 1.165) is 23.4 Å². The summed E-state index contributed by atoms with van der Waals surface area (Å²) in [6.07, 6.45) is 8.19. The smallest absolute Gasteiger partial charge is 0.112 e. The van der Waals surface area contributed by atoms with Gasteiger partial charge in [0.05, 0.1) is 0 Å². The normalized spacial score (nSPS) is 10.5. The number of rotatable bonds is 3. The van der Waals surface area contributed by atoms with Crippen molar-refractivity contribution < 1.29 is 0 Å². The molecular formula is C11H14N4. The van der Waals surface area contributed by atoms with E-state index in [-0.39, 0.29) is 0 Å². The number of imidazole rings is 1. The lowest BCUT2D eigenvalue weighted by Gasteiger charge is -2.03. The molecule has 0 saturated heterocycles. The summed E-state index contributed by atoms with van der Waals surface area (Å²) in [5.74, 6) is 1.03. The summed E-state index contributed by atoms with van der Waals surface area (Å²) in [6.45, 7) is 0.529. The third kappa shape index (κ3) is 2.22. The van der Waals surface area contributed by atoms with Crippen LogP contribution in [-0.4, -0.2) is 14.5 Å². The first-order valence-electron chi connectivity index (χ1n) is 4.88. The van der Waals surface area contributed by atoms with Crippen molar-refractivity contribution in [1.82, 2.24) is 14.5 Å². The van der Waals surface area contributed by atoms with Crippen LogP contribution in [0, 0.1) is 0 Å².